The lowest BCUT2D eigenvalue weighted by Gasteiger charge is -2.03. The smallest absolute Gasteiger partial charge is 0.148 e. The van der Waals surface area contributed by atoms with Crippen LogP contribution in [-0.4, -0.2) is 24.3 Å². The molecule has 0 fully saturated rings. The van der Waals surface area contributed by atoms with E-state index in [1.807, 2.05) is 17.0 Å². The van der Waals surface area contributed by atoms with Crippen LogP contribution < -0.4 is 5.73 Å². The van der Waals surface area contributed by atoms with E-state index >= 15 is 0 Å². The first-order valence-corrected chi connectivity index (χ1v) is 8.24. The van der Waals surface area contributed by atoms with Crippen molar-refractivity contribution >= 4 is 39.4 Å². The zero-order chi connectivity index (χ0) is 16.7. The van der Waals surface area contributed by atoms with Crippen LogP contribution >= 0.6 is 22.6 Å². The number of para-hydroxylation sites is 1. The maximum atomic E-state index is 13.9. The SMILES string of the molecule is Nc1ncnc2c1c(I)cn2Cc1cnn(-c2ccccc2F)c1. The highest BCUT2D eigenvalue weighted by Gasteiger charge is 2.13. The fourth-order valence-electron chi connectivity index (χ4n) is 2.63. The molecule has 0 amide bonds. The van der Waals surface area contributed by atoms with E-state index < -0.39 is 0 Å². The zero-order valence-electron chi connectivity index (χ0n) is 12.4. The Kier molecular flexibility index (Phi) is 3.68. The molecule has 0 atom stereocenters. The van der Waals surface area contributed by atoms with Crippen molar-refractivity contribution in [2.24, 2.45) is 0 Å². The molecule has 8 heteroatoms. The summed E-state index contributed by atoms with van der Waals surface area (Å²) in [5, 5.41) is 5.10. The predicted molar refractivity (Wildman–Crippen MR) is 97.3 cm³/mol. The minimum atomic E-state index is -0.311. The highest BCUT2D eigenvalue weighted by atomic mass is 127. The van der Waals surface area contributed by atoms with Crippen LogP contribution in [0.5, 0.6) is 0 Å². The number of benzene rings is 1. The van der Waals surface area contributed by atoms with E-state index in [0.29, 0.717) is 18.1 Å². The van der Waals surface area contributed by atoms with Gasteiger partial charge >= 0.3 is 0 Å². The van der Waals surface area contributed by atoms with Crippen molar-refractivity contribution in [1.29, 1.82) is 0 Å². The lowest BCUT2D eigenvalue weighted by atomic mass is 10.3. The molecule has 0 aliphatic carbocycles. The summed E-state index contributed by atoms with van der Waals surface area (Å²) in [6.45, 7) is 0.560. The summed E-state index contributed by atoms with van der Waals surface area (Å²) in [7, 11) is 0. The number of hydrogen-bond acceptors (Lipinski definition) is 4. The second-order valence-corrected chi connectivity index (χ2v) is 6.47. The number of nitrogens with zero attached hydrogens (tertiary/aromatic N) is 5. The quantitative estimate of drug-likeness (QED) is 0.504. The van der Waals surface area contributed by atoms with Gasteiger partial charge in [-0.2, -0.15) is 5.10 Å². The van der Waals surface area contributed by atoms with Crippen molar-refractivity contribution in [3.05, 3.63) is 64.1 Å². The van der Waals surface area contributed by atoms with Crippen LogP contribution in [0, 0.1) is 9.39 Å². The van der Waals surface area contributed by atoms with Gasteiger partial charge in [0.2, 0.25) is 0 Å². The van der Waals surface area contributed by atoms with E-state index in [0.717, 1.165) is 20.2 Å². The molecule has 4 aromatic rings. The Morgan fingerprint density at radius 1 is 1.17 bits per heavy atom. The van der Waals surface area contributed by atoms with Gasteiger partial charge in [-0.3, -0.25) is 0 Å². The van der Waals surface area contributed by atoms with Gasteiger partial charge in [0.15, 0.2) is 0 Å². The van der Waals surface area contributed by atoms with Crippen LogP contribution in [0.4, 0.5) is 10.2 Å². The van der Waals surface area contributed by atoms with Crippen molar-refractivity contribution in [2.75, 3.05) is 5.73 Å². The highest BCUT2D eigenvalue weighted by molar-refractivity contribution is 14.1. The van der Waals surface area contributed by atoms with E-state index in [1.54, 1.807) is 24.4 Å². The third kappa shape index (κ3) is 2.52. The number of nitrogens with two attached hydrogens (primary N) is 1. The molecule has 2 N–H and O–H groups in total. The highest BCUT2D eigenvalue weighted by Crippen LogP contribution is 2.25. The molecule has 120 valence electrons. The van der Waals surface area contributed by atoms with E-state index in [9.17, 15) is 4.39 Å². The molecule has 3 aromatic heterocycles. The maximum Gasteiger partial charge on any atom is 0.148 e. The molecule has 0 aliphatic heterocycles. The van der Waals surface area contributed by atoms with Gasteiger partial charge in [-0.25, -0.2) is 19.0 Å². The first-order chi connectivity index (χ1) is 11.6. The van der Waals surface area contributed by atoms with E-state index in [-0.39, 0.29) is 5.82 Å². The molecule has 1 aromatic carbocycles. The Labute approximate surface area is 150 Å². The monoisotopic (exact) mass is 434 g/mol. The fourth-order valence-corrected chi connectivity index (χ4v) is 3.48. The predicted octanol–water partition coefficient (Wildman–Crippen LogP) is 2.99. The average Bonchev–Trinajstić information content (AvgIpc) is 3.14. The molecule has 0 radical (unpaired) electrons. The summed E-state index contributed by atoms with van der Waals surface area (Å²) < 4.78 is 18.4. The largest absolute Gasteiger partial charge is 0.383 e. The normalized spacial score (nSPS) is 11.2. The summed E-state index contributed by atoms with van der Waals surface area (Å²) in [6, 6.07) is 6.54. The standard InChI is InChI=1S/C16H12FIN6/c17-11-3-1-2-4-13(11)24-7-10(5-22-24)6-23-8-12(18)14-15(19)20-9-21-16(14)23/h1-5,7-9H,6H2,(H2,19,20,21). The third-order valence-corrected chi connectivity index (χ3v) is 4.54. The molecule has 0 saturated carbocycles. The summed E-state index contributed by atoms with van der Waals surface area (Å²) in [5.74, 6) is 0.152. The average molecular weight is 434 g/mol. The first kappa shape index (κ1) is 15.1. The van der Waals surface area contributed by atoms with Gasteiger partial charge in [0.05, 0.1) is 18.1 Å². The molecule has 0 saturated heterocycles. The first-order valence-electron chi connectivity index (χ1n) is 7.17. The van der Waals surface area contributed by atoms with Gasteiger partial charge in [0.25, 0.3) is 0 Å². The van der Waals surface area contributed by atoms with Crippen molar-refractivity contribution in [3.63, 3.8) is 0 Å². The van der Waals surface area contributed by atoms with Crippen molar-refractivity contribution < 1.29 is 4.39 Å². The minimum Gasteiger partial charge on any atom is -0.383 e. The molecule has 0 bridgehead atoms. The number of rotatable bonds is 3. The zero-order valence-corrected chi connectivity index (χ0v) is 14.6. The van der Waals surface area contributed by atoms with Crippen molar-refractivity contribution in [3.8, 4) is 5.69 Å². The second kappa shape index (κ2) is 5.86. The molecule has 4 rings (SSSR count). The minimum absolute atomic E-state index is 0.311. The van der Waals surface area contributed by atoms with Crippen molar-refractivity contribution in [2.45, 2.75) is 6.54 Å². The number of anilines is 1. The number of nitrogen functional groups attached to an aromatic ring is 1. The number of aromatic nitrogens is 5. The van der Waals surface area contributed by atoms with Gasteiger partial charge in [0.1, 0.15) is 29.3 Å². The lowest BCUT2D eigenvalue weighted by molar-refractivity contribution is 0.611. The van der Waals surface area contributed by atoms with Crippen LogP contribution in [0.1, 0.15) is 5.56 Å². The second-order valence-electron chi connectivity index (χ2n) is 5.31. The molecule has 0 aliphatic rings. The van der Waals surface area contributed by atoms with Crippen LogP contribution in [0.25, 0.3) is 16.7 Å². The Hall–Kier alpha value is -2.49. The van der Waals surface area contributed by atoms with Crippen LogP contribution in [-0.2, 0) is 6.54 Å². The molecular weight excluding hydrogens is 422 g/mol. The third-order valence-electron chi connectivity index (χ3n) is 3.72. The summed E-state index contributed by atoms with van der Waals surface area (Å²) in [4.78, 5) is 8.35. The van der Waals surface area contributed by atoms with Crippen molar-refractivity contribution in [1.82, 2.24) is 24.3 Å². The van der Waals surface area contributed by atoms with Gasteiger partial charge in [-0.1, -0.05) is 12.1 Å². The molecule has 3 heterocycles. The molecular formula is C16H12FIN6. The van der Waals surface area contributed by atoms with Crippen LogP contribution in [0.15, 0.2) is 49.2 Å². The van der Waals surface area contributed by atoms with Crippen LogP contribution in [0.3, 0.4) is 0 Å². The van der Waals surface area contributed by atoms with Gasteiger partial charge < -0.3 is 10.3 Å². The lowest BCUT2D eigenvalue weighted by Crippen LogP contribution is -2.00. The summed E-state index contributed by atoms with van der Waals surface area (Å²) in [5.41, 5.74) is 8.05. The van der Waals surface area contributed by atoms with E-state index in [1.165, 1.54) is 17.1 Å². The molecule has 24 heavy (non-hydrogen) atoms. The Morgan fingerprint density at radius 2 is 2.00 bits per heavy atom. The van der Waals surface area contributed by atoms with E-state index in [4.69, 9.17) is 5.73 Å². The van der Waals surface area contributed by atoms with Gasteiger partial charge in [-0.15, -0.1) is 0 Å². The Morgan fingerprint density at radius 3 is 2.83 bits per heavy atom. The molecule has 0 unspecified atom stereocenters. The Balaban J connectivity index is 1.70. The number of hydrogen-bond donors (Lipinski definition) is 1. The summed E-state index contributed by atoms with van der Waals surface area (Å²) in [6.07, 6.45) is 6.95. The molecule has 0 spiro atoms. The number of halogens is 2. The maximum absolute atomic E-state index is 13.9. The van der Waals surface area contributed by atoms with E-state index in [2.05, 4.69) is 37.7 Å². The van der Waals surface area contributed by atoms with Crippen LogP contribution in [0.2, 0.25) is 0 Å². The number of fused-ring (bicyclic) bond motifs is 1. The fraction of sp³-hybridized carbons (Fsp3) is 0.0625. The summed E-state index contributed by atoms with van der Waals surface area (Å²) >= 11 is 2.21. The van der Waals surface area contributed by atoms with Gasteiger partial charge in [-0.05, 0) is 34.7 Å². The van der Waals surface area contributed by atoms with Gasteiger partial charge in [0, 0.05) is 21.5 Å². The topological polar surface area (TPSA) is 74.6 Å². The Bertz CT molecular complexity index is 1040. The molecule has 6 nitrogen and oxygen atoms in total.